The largest absolute Gasteiger partial charge is 0.108 e. The molecule has 0 amide bonds. The van der Waals surface area contributed by atoms with Gasteiger partial charge in [-0.15, -0.1) is 0 Å². The average molecular weight is 475 g/mol. The van der Waals surface area contributed by atoms with Crippen molar-refractivity contribution in [2.24, 2.45) is 45.3 Å². The van der Waals surface area contributed by atoms with Gasteiger partial charge in [-0.25, -0.2) is 0 Å². The third-order valence-electron chi connectivity index (χ3n) is 12.5. The zero-order valence-corrected chi connectivity index (χ0v) is 22.9. The molecule has 8 bridgehead atoms. The fourth-order valence-corrected chi connectivity index (χ4v) is 15.8. The first-order valence-electron chi connectivity index (χ1n) is 14.5. The Hall–Kier alpha value is 0.700. The van der Waals surface area contributed by atoms with E-state index in [-0.39, 0.29) is 0 Å². The standard InChI is InChI=1S/C30H50S2/c1-31-7-3-27-13-23-11-24(14-27)18-29(17-23,21-27)5-9-32(2)10-6-30-19-25-12-26(20-30)16-28(15-25,22-30)4-8-31/h23-26H,3-22H2,1-2H3/q+2. The molecule has 0 radical (unpaired) electrons. The van der Waals surface area contributed by atoms with E-state index in [9.17, 15) is 0 Å². The Morgan fingerprint density at radius 1 is 0.438 bits per heavy atom. The number of rotatable bonds is 0. The molecule has 9 fully saturated rings. The Morgan fingerprint density at radius 3 is 0.938 bits per heavy atom. The summed E-state index contributed by atoms with van der Waals surface area (Å²) in [5, 5.41) is 0. The summed E-state index contributed by atoms with van der Waals surface area (Å²) in [6, 6.07) is 0. The van der Waals surface area contributed by atoms with Gasteiger partial charge in [0.2, 0.25) is 0 Å². The smallest absolute Gasteiger partial charge is 0.0475 e. The minimum absolute atomic E-state index is 0.681. The molecule has 0 nitrogen and oxygen atoms in total. The lowest BCUT2D eigenvalue weighted by atomic mass is 9.43. The van der Waals surface area contributed by atoms with E-state index in [1.54, 1.807) is 126 Å². The Bertz CT molecular complexity index is 599. The lowest BCUT2D eigenvalue weighted by molar-refractivity contribution is -0.113. The summed E-state index contributed by atoms with van der Waals surface area (Å²) in [6.07, 6.45) is 31.4. The van der Waals surface area contributed by atoms with E-state index in [2.05, 4.69) is 12.5 Å². The molecular weight excluding hydrogens is 424 g/mol. The summed E-state index contributed by atoms with van der Waals surface area (Å²) in [4.78, 5) is 0. The van der Waals surface area contributed by atoms with Crippen LogP contribution in [-0.2, 0) is 21.8 Å². The van der Waals surface area contributed by atoms with Crippen LogP contribution in [-0.4, -0.2) is 35.5 Å². The zero-order chi connectivity index (χ0) is 21.6. The normalized spacial score (nSPS) is 59.4. The van der Waals surface area contributed by atoms with Crippen molar-refractivity contribution in [3.8, 4) is 0 Å². The van der Waals surface area contributed by atoms with Gasteiger partial charge < -0.3 is 0 Å². The predicted molar refractivity (Wildman–Crippen MR) is 144 cm³/mol. The van der Waals surface area contributed by atoms with Crippen LogP contribution >= 0.6 is 0 Å². The lowest BCUT2D eigenvalue weighted by Crippen LogP contribution is -2.53. The molecule has 0 atom stereocenters. The average Bonchev–Trinajstić information content (AvgIpc) is 2.71. The highest BCUT2D eigenvalue weighted by Gasteiger charge is 2.59. The van der Waals surface area contributed by atoms with E-state index in [0.717, 1.165) is 45.3 Å². The van der Waals surface area contributed by atoms with Gasteiger partial charge in [-0.1, -0.05) is 0 Å². The molecular formula is C30H50S2+2. The van der Waals surface area contributed by atoms with Crippen LogP contribution in [0.3, 0.4) is 0 Å². The van der Waals surface area contributed by atoms with Crippen molar-refractivity contribution in [1.29, 1.82) is 0 Å². The third-order valence-corrected chi connectivity index (χ3v) is 16.1. The Kier molecular flexibility index (Phi) is 5.21. The van der Waals surface area contributed by atoms with E-state index in [1.165, 1.54) is 0 Å². The van der Waals surface area contributed by atoms with E-state index >= 15 is 0 Å². The van der Waals surface area contributed by atoms with Crippen molar-refractivity contribution in [2.45, 2.75) is 103 Å². The second kappa shape index (κ2) is 7.60. The van der Waals surface area contributed by atoms with Crippen LogP contribution in [0.15, 0.2) is 0 Å². The van der Waals surface area contributed by atoms with Gasteiger partial charge >= 0.3 is 0 Å². The minimum Gasteiger partial charge on any atom is -0.0475 e. The van der Waals surface area contributed by atoms with E-state index in [4.69, 9.17) is 0 Å². The molecule has 9 aliphatic rings. The fraction of sp³-hybridized carbons (Fsp3) is 1.00. The maximum atomic E-state index is 2.68. The summed E-state index contributed by atoms with van der Waals surface area (Å²) >= 11 is 0. The zero-order valence-electron chi connectivity index (χ0n) is 21.3. The molecule has 9 rings (SSSR count). The molecule has 1 saturated heterocycles. The summed E-state index contributed by atoms with van der Waals surface area (Å²) in [5.74, 6) is 10.8. The molecule has 8 aliphatic carbocycles. The summed E-state index contributed by atoms with van der Waals surface area (Å²) in [7, 11) is 1.36. The lowest BCUT2D eigenvalue weighted by Gasteiger charge is -2.63. The molecule has 32 heavy (non-hydrogen) atoms. The van der Waals surface area contributed by atoms with Gasteiger partial charge in [-0.3, -0.25) is 0 Å². The van der Waals surface area contributed by atoms with Crippen LogP contribution in [0.1, 0.15) is 103 Å². The molecule has 180 valence electrons. The van der Waals surface area contributed by atoms with Gasteiger partial charge in [-0.05, 0) is 170 Å². The third kappa shape index (κ3) is 3.77. The van der Waals surface area contributed by atoms with Gasteiger partial charge in [-0.2, -0.15) is 0 Å². The van der Waals surface area contributed by atoms with Crippen molar-refractivity contribution in [1.82, 2.24) is 0 Å². The topological polar surface area (TPSA) is 0 Å². The van der Waals surface area contributed by atoms with Crippen LogP contribution in [0, 0.1) is 45.3 Å². The van der Waals surface area contributed by atoms with Gasteiger partial charge in [0.25, 0.3) is 0 Å². The van der Waals surface area contributed by atoms with Crippen LogP contribution in [0.4, 0.5) is 0 Å². The number of hydrogen-bond donors (Lipinski definition) is 0. The Balaban J connectivity index is 1.14. The number of hydrogen-bond acceptors (Lipinski definition) is 0. The quantitative estimate of drug-likeness (QED) is 0.325. The molecule has 0 aromatic carbocycles. The van der Waals surface area contributed by atoms with Crippen LogP contribution in [0.25, 0.3) is 0 Å². The molecule has 1 aliphatic heterocycles. The summed E-state index contributed by atoms with van der Waals surface area (Å²) < 4.78 is 0. The monoisotopic (exact) mass is 474 g/mol. The molecule has 2 heteroatoms. The summed E-state index contributed by atoms with van der Waals surface area (Å²) in [6.45, 7) is 0. The molecule has 0 N–H and O–H groups in total. The second-order valence-electron chi connectivity index (χ2n) is 15.3. The second-order valence-corrected chi connectivity index (χ2v) is 20.1. The van der Waals surface area contributed by atoms with Gasteiger partial charge in [0.05, 0.1) is 12.5 Å². The predicted octanol–water partition coefficient (Wildman–Crippen LogP) is 7.23. The first-order chi connectivity index (χ1) is 15.3. The van der Waals surface area contributed by atoms with E-state index < -0.39 is 0 Å². The molecule has 0 unspecified atom stereocenters. The maximum Gasteiger partial charge on any atom is 0.108 e. The van der Waals surface area contributed by atoms with Gasteiger partial charge in [0, 0.05) is 0 Å². The molecule has 0 aromatic heterocycles. The first kappa shape index (κ1) is 21.9. The van der Waals surface area contributed by atoms with Crippen molar-refractivity contribution >= 4 is 21.8 Å². The molecule has 8 saturated carbocycles. The first-order valence-corrected chi connectivity index (χ1v) is 18.5. The van der Waals surface area contributed by atoms with E-state index in [0.29, 0.717) is 21.8 Å². The highest BCUT2D eigenvalue weighted by Crippen LogP contribution is 2.69. The van der Waals surface area contributed by atoms with Crippen molar-refractivity contribution in [2.75, 3.05) is 35.5 Å². The van der Waals surface area contributed by atoms with Crippen LogP contribution in [0.5, 0.6) is 0 Å². The van der Waals surface area contributed by atoms with Crippen molar-refractivity contribution in [3.05, 3.63) is 0 Å². The molecule has 1 heterocycles. The SMILES string of the molecule is C[S+]1CCC23CC4CC(C2)CC(CC[S+](C)CCC25CC6CC(CC(CC1)(C6)C2)C5)(C4)C3. The van der Waals surface area contributed by atoms with Crippen LogP contribution < -0.4 is 0 Å². The van der Waals surface area contributed by atoms with Crippen molar-refractivity contribution in [3.63, 3.8) is 0 Å². The summed E-state index contributed by atoms with van der Waals surface area (Å²) in [5.41, 5.74) is 3.16. The minimum atomic E-state index is 0.681. The fourth-order valence-electron chi connectivity index (χ4n) is 12.2. The van der Waals surface area contributed by atoms with Crippen LogP contribution in [0.2, 0.25) is 0 Å². The van der Waals surface area contributed by atoms with Crippen molar-refractivity contribution < 1.29 is 0 Å². The highest BCUT2D eigenvalue weighted by molar-refractivity contribution is 7.96. The van der Waals surface area contributed by atoms with E-state index in [1.807, 2.05) is 0 Å². The molecule has 4 spiro atoms. The Labute approximate surface area is 204 Å². The maximum absolute atomic E-state index is 2.68. The van der Waals surface area contributed by atoms with Gasteiger partial charge in [0.1, 0.15) is 23.0 Å². The van der Waals surface area contributed by atoms with Gasteiger partial charge in [0.15, 0.2) is 0 Å². The highest BCUT2D eigenvalue weighted by atomic mass is 32.2. The Morgan fingerprint density at radius 2 is 0.688 bits per heavy atom. The molecule has 0 aromatic rings.